The van der Waals surface area contributed by atoms with Gasteiger partial charge in [0.15, 0.2) is 0 Å². The maximum Gasteiger partial charge on any atom is 0.123 e. The maximum absolute atomic E-state index is 13.2. The molecule has 0 aliphatic heterocycles. The summed E-state index contributed by atoms with van der Waals surface area (Å²) in [5.41, 5.74) is 1.93. The minimum Gasteiger partial charge on any atom is -0.381 e. The number of nitrogens with one attached hydrogen (secondary N) is 1. The lowest BCUT2D eigenvalue weighted by atomic mass is 9.76. The van der Waals surface area contributed by atoms with Gasteiger partial charge in [-0.05, 0) is 48.6 Å². The van der Waals surface area contributed by atoms with Gasteiger partial charge >= 0.3 is 0 Å². The van der Waals surface area contributed by atoms with Crippen molar-refractivity contribution in [2.75, 3.05) is 5.32 Å². The van der Waals surface area contributed by atoms with Crippen LogP contribution >= 0.6 is 23.2 Å². The highest BCUT2D eigenvalue weighted by atomic mass is 35.5. The minimum absolute atomic E-state index is 0.170. The lowest BCUT2D eigenvalue weighted by Gasteiger charge is -2.37. The molecule has 0 bridgehead atoms. The van der Waals surface area contributed by atoms with Crippen LogP contribution in [0.15, 0.2) is 42.5 Å². The van der Waals surface area contributed by atoms with Gasteiger partial charge < -0.3 is 5.32 Å². The zero-order chi connectivity index (χ0) is 14.1. The van der Waals surface area contributed by atoms with E-state index in [4.69, 9.17) is 23.2 Å². The van der Waals surface area contributed by atoms with E-state index in [2.05, 4.69) is 5.32 Å². The van der Waals surface area contributed by atoms with Crippen LogP contribution in [-0.4, -0.2) is 6.04 Å². The molecule has 0 atom stereocenters. The Bertz CT molecular complexity index is 624. The second kappa shape index (κ2) is 5.63. The third-order valence-electron chi connectivity index (χ3n) is 3.77. The molecule has 0 amide bonds. The largest absolute Gasteiger partial charge is 0.381 e. The lowest BCUT2D eigenvalue weighted by Crippen LogP contribution is -2.34. The van der Waals surface area contributed by atoms with Crippen molar-refractivity contribution in [3.05, 3.63) is 63.9 Å². The van der Waals surface area contributed by atoms with E-state index in [1.165, 1.54) is 6.07 Å². The summed E-state index contributed by atoms with van der Waals surface area (Å²) in [5.74, 6) is 0.248. The summed E-state index contributed by atoms with van der Waals surface area (Å²) >= 11 is 12.1. The molecule has 4 heteroatoms. The number of benzene rings is 2. The van der Waals surface area contributed by atoms with Crippen LogP contribution in [0.4, 0.5) is 10.1 Å². The molecule has 0 saturated heterocycles. The van der Waals surface area contributed by atoms with Crippen LogP contribution in [0, 0.1) is 5.82 Å². The van der Waals surface area contributed by atoms with Crippen molar-refractivity contribution in [3.8, 4) is 0 Å². The van der Waals surface area contributed by atoms with Gasteiger partial charge in [0, 0.05) is 6.04 Å². The summed E-state index contributed by atoms with van der Waals surface area (Å²) in [5, 5.41) is 4.50. The Morgan fingerprint density at radius 2 is 1.80 bits per heavy atom. The molecule has 2 aromatic rings. The molecule has 1 aliphatic rings. The predicted octanol–water partition coefficient (Wildman–Crippen LogP) is 5.49. The number of anilines is 1. The van der Waals surface area contributed by atoms with Gasteiger partial charge in [0.05, 0.1) is 15.7 Å². The molecular formula is C16H14Cl2FN. The molecule has 1 aliphatic carbocycles. The van der Waals surface area contributed by atoms with Crippen molar-refractivity contribution in [2.45, 2.75) is 24.8 Å². The van der Waals surface area contributed by atoms with E-state index in [1.54, 1.807) is 18.2 Å². The van der Waals surface area contributed by atoms with Crippen molar-refractivity contribution in [2.24, 2.45) is 0 Å². The van der Waals surface area contributed by atoms with E-state index >= 15 is 0 Å². The number of rotatable bonds is 3. The van der Waals surface area contributed by atoms with Crippen LogP contribution in [0.2, 0.25) is 10.0 Å². The highest BCUT2D eigenvalue weighted by Crippen LogP contribution is 2.40. The second-order valence-electron chi connectivity index (χ2n) is 5.17. The highest BCUT2D eigenvalue weighted by molar-refractivity contribution is 6.43. The molecule has 1 nitrogen and oxygen atoms in total. The number of hydrogen-bond donors (Lipinski definition) is 1. The zero-order valence-corrected chi connectivity index (χ0v) is 12.3. The van der Waals surface area contributed by atoms with E-state index in [1.807, 2.05) is 18.2 Å². The molecule has 1 N–H and O–H groups in total. The molecule has 0 radical (unpaired) electrons. The first-order chi connectivity index (χ1) is 9.63. The minimum atomic E-state index is -0.170. The fraction of sp³-hybridized carbons (Fsp3) is 0.250. The van der Waals surface area contributed by atoms with Gasteiger partial charge in [-0.2, -0.15) is 0 Å². The van der Waals surface area contributed by atoms with E-state index in [0.29, 0.717) is 22.0 Å². The Hall–Kier alpha value is -1.25. The molecule has 2 aromatic carbocycles. The summed E-state index contributed by atoms with van der Waals surface area (Å²) in [6.07, 6.45) is 1.96. The van der Waals surface area contributed by atoms with Crippen molar-refractivity contribution in [3.63, 3.8) is 0 Å². The molecule has 0 spiro atoms. The number of halogens is 3. The fourth-order valence-corrected chi connectivity index (χ4v) is 2.96. The number of hydrogen-bond acceptors (Lipinski definition) is 1. The second-order valence-corrected chi connectivity index (χ2v) is 5.95. The normalized spacial score (nSPS) is 21.4. The standard InChI is InChI=1S/C16H14Cl2FN/c17-14-5-2-6-15(16(14)18)20-13-8-11(9-13)10-3-1-4-12(19)7-10/h1-7,11,13,20H,8-9H2. The summed E-state index contributed by atoms with van der Waals surface area (Å²) < 4.78 is 13.2. The Balaban J connectivity index is 1.62. The average Bonchev–Trinajstić information content (AvgIpc) is 2.38. The molecule has 1 fully saturated rings. The quantitative estimate of drug-likeness (QED) is 0.790. The van der Waals surface area contributed by atoms with Gasteiger partial charge in [0.2, 0.25) is 0 Å². The Kier molecular flexibility index (Phi) is 3.86. The van der Waals surface area contributed by atoms with Crippen molar-refractivity contribution in [1.29, 1.82) is 0 Å². The molecule has 20 heavy (non-hydrogen) atoms. The molecule has 104 valence electrons. The average molecular weight is 310 g/mol. The summed E-state index contributed by atoms with van der Waals surface area (Å²) in [7, 11) is 0. The van der Waals surface area contributed by atoms with Gasteiger partial charge in [-0.25, -0.2) is 4.39 Å². The van der Waals surface area contributed by atoms with E-state index in [9.17, 15) is 4.39 Å². The molecule has 0 heterocycles. The molecule has 0 unspecified atom stereocenters. The predicted molar refractivity (Wildman–Crippen MR) is 82.2 cm³/mol. The van der Waals surface area contributed by atoms with Crippen LogP contribution in [0.3, 0.4) is 0 Å². The van der Waals surface area contributed by atoms with Gasteiger partial charge in [0.1, 0.15) is 5.82 Å². The van der Waals surface area contributed by atoms with E-state index in [0.717, 1.165) is 24.1 Å². The van der Waals surface area contributed by atoms with Crippen LogP contribution < -0.4 is 5.32 Å². The van der Waals surface area contributed by atoms with Crippen molar-refractivity contribution < 1.29 is 4.39 Å². The van der Waals surface area contributed by atoms with Crippen LogP contribution in [0.5, 0.6) is 0 Å². The van der Waals surface area contributed by atoms with Crippen LogP contribution in [0.25, 0.3) is 0 Å². The summed E-state index contributed by atoms with van der Waals surface area (Å²) in [6, 6.07) is 12.8. The molecule has 1 saturated carbocycles. The molecular weight excluding hydrogens is 296 g/mol. The third-order valence-corrected chi connectivity index (χ3v) is 4.59. The highest BCUT2D eigenvalue weighted by Gasteiger charge is 2.30. The van der Waals surface area contributed by atoms with Crippen molar-refractivity contribution in [1.82, 2.24) is 0 Å². The Morgan fingerprint density at radius 3 is 2.55 bits per heavy atom. The van der Waals surface area contributed by atoms with Crippen LogP contribution in [0.1, 0.15) is 24.3 Å². The first kappa shape index (κ1) is 13.7. The van der Waals surface area contributed by atoms with Crippen molar-refractivity contribution >= 4 is 28.9 Å². The maximum atomic E-state index is 13.2. The zero-order valence-electron chi connectivity index (χ0n) is 10.7. The first-order valence-corrected chi connectivity index (χ1v) is 7.35. The first-order valence-electron chi connectivity index (χ1n) is 6.59. The molecule has 0 aromatic heterocycles. The van der Waals surface area contributed by atoms with Gasteiger partial charge in [-0.1, -0.05) is 41.4 Å². The molecule has 3 rings (SSSR count). The van der Waals surface area contributed by atoms with E-state index in [-0.39, 0.29) is 5.82 Å². The summed E-state index contributed by atoms with van der Waals surface area (Å²) in [4.78, 5) is 0. The fourth-order valence-electron chi connectivity index (χ4n) is 2.60. The Morgan fingerprint density at radius 1 is 1.05 bits per heavy atom. The topological polar surface area (TPSA) is 12.0 Å². The van der Waals surface area contributed by atoms with Gasteiger partial charge in [0.25, 0.3) is 0 Å². The SMILES string of the molecule is Fc1cccc(C2CC(Nc3cccc(Cl)c3Cl)C2)c1. The summed E-state index contributed by atoms with van der Waals surface area (Å²) in [6.45, 7) is 0. The van der Waals surface area contributed by atoms with E-state index < -0.39 is 0 Å². The Labute approximate surface area is 127 Å². The van der Waals surface area contributed by atoms with Crippen LogP contribution in [-0.2, 0) is 0 Å². The smallest absolute Gasteiger partial charge is 0.123 e. The van der Waals surface area contributed by atoms with Gasteiger partial charge in [-0.15, -0.1) is 0 Å². The third kappa shape index (κ3) is 2.77. The monoisotopic (exact) mass is 309 g/mol. The lowest BCUT2D eigenvalue weighted by molar-refractivity contribution is 0.373. The van der Waals surface area contributed by atoms with Gasteiger partial charge in [-0.3, -0.25) is 0 Å².